The van der Waals surface area contributed by atoms with Crippen LogP contribution in [0.2, 0.25) is 0 Å². The molecule has 0 saturated heterocycles. The van der Waals surface area contributed by atoms with E-state index in [0.717, 1.165) is 12.1 Å². The van der Waals surface area contributed by atoms with Gasteiger partial charge in [0.2, 0.25) is 0 Å². The second-order valence-electron chi connectivity index (χ2n) is 5.17. The van der Waals surface area contributed by atoms with E-state index in [0.29, 0.717) is 0 Å². The molecule has 0 radical (unpaired) electrons. The molecule has 6 nitrogen and oxygen atoms in total. The fourth-order valence-electron chi connectivity index (χ4n) is 1.99. The molecule has 140 valence electrons. The van der Waals surface area contributed by atoms with Gasteiger partial charge >= 0.3 is 11.9 Å². The molecule has 0 aliphatic heterocycles. The van der Waals surface area contributed by atoms with Crippen LogP contribution in [0.3, 0.4) is 0 Å². The number of nitrogens with zero attached hydrogens (tertiary/aromatic N) is 1. The Kier molecular flexibility index (Phi) is 6.38. The van der Waals surface area contributed by atoms with Gasteiger partial charge in [-0.05, 0) is 24.3 Å². The van der Waals surface area contributed by atoms with Gasteiger partial charge in [-0.2, -0.15) is 13.2 Å². The van der Waals surface area contributed by atoms with E-state index in [1.165, 1.54) is 36.4 Å². The largest absolute Gasteiger partial charge is 0.477 e. The molecular weight excluding hydrogens is 365 g/mol. The predicted octanol–water partition coefficient (Wildman–Crippen LogP) is 3.16. The Labute approximate surface area is 152 Å². The van der Waals surface area contributed by atoms with Gasteiger partial charge in [0.1, 0.15) is 0 Å². The Morgan fingerprint density at radius 2 is 1.93 bits per heavy atom. The number of carbonyl (C=O) groups is 1. The summed E-state index contributed by atoms with van der Waals surface area (Å²) in [4.78, 5) is 21.9. The molecule has 0 bridgehead atoms. The summed E-state index contributed by atoms with van der Waals surface area (Å²) >= 11 is 0. The Morgan fingerprint density at radius 3 is 2.63 bits per heavy atom. The number of alkyl halides is 3. The number of hydrogen-bond acceptors (Lipinski definition) is 4. The lowest BCUT2D eigenvalue weighted by molar-refractivity contribution is -0.385. The number of amides is 1. The second-order valence-corrected chi connectivity index (χ2v) is 5.17. The van der Waals surface area contributed by atoms with Crippen LogP contribution in [0.4, 0.5) is 18.9 Å². The predicted molar refractivity (Wildman–Crippen MR) is 89.9 cm³/mol. The van der Waals surface area contributed by atoms with Crippen molar-refractivity contribution in [3.05, 3.63) is 69.8 Å². The van der Waals surface area contributed by atoms with Gasteiger partial charge in [-0.25, -0.2) is 0 Å². The average Bonchev–Trinajstić information content (AvgIpc) is 2.63. The highest BCUT2D eigenvalue weighted by Gasteiger charge is 2.30. The molecule has 0 unspecified atom stereocenters. The van der Waals surface area contributed by atoms with Crippen LogP contribution in [-0.2, 0) is 11.0 Å². The normalized spacial score (nSPS) is 10.5. The van der Waals surface area contributed by atoms with Crippen LogP contribution in [0.5, 0.6) is 5.75 Å². The number of nitro benzene ring substituents is 1. The van der Waals surface area contributed by atoms with Crippen LogP contribution in [0.15, 0.2) is 48.5 Å². The van der Waals surface area contributed by atoms with Crippen molar-refractivity contribution in [3.8, 4) is 17.6 Å². The highest BCUT2D eigenvalue weighted by atomic mass is 19.4. The van der Waals surface area contributed by atoms with Gasteiger partial charge in [-0.15, -0.1) is 0 Å². The highest BCUT2D eigenvalue weighted by molar-refractivity contribution is 5.78. The molecule has 1 N–H and O–H groups in total. The van der Waals surface area contributed by atoms with Crippen LogP contribution in [0.1, 0.15) is 11.1 Å². The quantitative estimate of drug-likeness (QED) is 0.492. The van der Waals surface area contributed by atoms with Crippen molar-refractivity contribution in [1.29, 1.82) is 0 Å². The van der Waals surface area contributed by atoms with Crippen molar-refractivity contribution in [1.82, 2.24) is 5.32 Å². The average molecular weight is 378 g/mol. The lowest BCUT2D eigenvalue weighted by atomic mass is 10.1. The molecule has 0 fully saturated rings. The van der Waals surface area contributed by atoms with Crippen LogP contribution in [-0.4, -0.2) is 24.0 Å². The first kappa shape index (κ1) is 19.8. The van der Waals surface area contributed by atoms with Crippen LogP contribution < -0.4 is 10.1 Å². The van der Waals surface area contributed by atoms with Crippen molar-refractivity contribution in [2.24, 2.45) is 0 Å². The van der Waals surface area contributed by atoms with E-state index in [1.807, 2.05) is 0 Å². The monoisotopic (exact) mass is 378 g/mol. The second kappa shape index (κ2) is 8.71. The topological polar surface area (TPSA) is 81.5 Å². The number of ether oxygens (including phenoxy) is 1. The molecule has 2 aromatic carbocycles. The number of nitrogens with one attached hydrogen (secondary N) is 1. The summed E-state index contributed by atoms with van der Waals surface area (Å²) in [5.74, 6) is 4.42. The fourth-order valence-corrected chi connectivity index (χ4v) is 1.99. The third-order valence-corrected chi connectivity index (χ3v) is 3.22. The first-order chi connectivity index (χ1) is 12.8. The SMILES string of the molecule is O=C(COc1ccccc1[N+](=O)[O-])NCC#Cc1cccc(C(F)(F)F)c1. The standard InChI is InChI=1S/C18H13F3N2O4/c19-18(20,21)14-7-3-5-13(11-14)6-4-10-22-17(24)12-27-16-9-2-1-8-15(16)23(25)26/h1-3,5,7-9,11H,10,12H2,(H,22,24). The van der Waals surface area contributed by atoms with E-state index in [2.05, 4.69) is 17.2 Å². The van der Waals surface area contributed by atoms with Gasteiger partial charge in [0.25, 0.3) is 5.91 Å². The van der Waals surface area contributed by atoms with Crippen LogP contribution in [0, 0.1) is 22.0 Å². The number of para-hydroxylation sites is 2. The van der Waals surface area contributed by atoms with Gasteiger partial charge in [0.15, 0.2) is 12.4 Å². The number of rotatable bonds is 5. The third-order valence-electron chi connectivity index (χ3n) is 3.22. The van der Waals surface area contributed by atoms with Crippen molar-refractivity contribution in [2.75, 3.05) is 13.2 Å². The van der Waals surface area contributed by atoms with Gasteiger partial charge in [-0.1, -0.05) is 30.0 Å². The lowest BCUT2D eigenvalue weighted by Crippen LogP contribution is -2.29. The summed E-state index contributed by atoms with van der Waals surface area (Å²) in [5.41, 5.74) is -0.916. The number of halogens is 3. The molecule has 0 aliphatic rings. The Balaban J connectivity index is 1.86. The van der Waals surface area contributed by atoms with Crippen molar-refractivity contribution < 1.29 is 27.6 Å². The zero-order valence-electron chi connectivity index (χ0n) is 13.7. The van der Waals surface area contributed by atoms with E-state index in [4.69, 9.17) is 4.74 Å². The maximum absolute atomic E-state index is 12.6. The molecule has 0 aromatic heterocycles. The third kappa shape index (κ3) is 6.04. The minimum absolute atomic E-state index is 0.0484. The summed E-state index contributed by atoms with van der Waals surface area (Å²) in [5, 5.41) is 13.2. The summed E-state index contributed by atoms with van der Waals surface area (Å²) in [6.07, 6.45) is -4.46. The molecule has 0 spiro atoms. The first-order valence-corrected chi connectivity index (χ1v) is 7.56. The first-order valence-electron chi connectivity index (χ1n) is 7.56. The Morgan fingerprint density at radius 1 is 1.19 bits per heavy atom. The molecular formula is C18H13F3N2O4. The van der Waals surface area contributed by atoms with Crippen LogP contribution in [0.25, 0.3) is 0 Å². The van der Waals surface area contributed by atoms with Crippen molar-refractivity contribution in [3.63, 3.8) is 0 Å². The highest BCUT2D eigenvalue weighted by Crippen LogP contribution is 2.29. The van der Waals surface area contributed by atoms with Gasteiger partial charge in [0.05, 0.1) is 17.0 Å². The summed E-state index contributed by atoms with van der Waals surface area (Å²) in [6, 6.07) is 10.1. The Bertz CT molecular complexity index is 901. The van der Waals surface area contributed by atoms with Crippen molar-refractivity contribution in [2.45, 2.75) is 6.18 Å². The molecule has 0 aliphatic carbocycles. The molecule has 27 heavy (non-hydrogen) atoms. The summed E-state index contributed by atoms with van der Waals surface area (Å²) in [6.45, 7) is -0.578. The van der Waals surface area contributed by atoms with Crippen molar-refractivity contribution >= 4 is 11.6 Å². The zero-order chi connectivity index (χ0) is 19.9. The number of carbonyl (C=O) groups excluding carboxylic acids is 1. The molecule has 2 rings (SSSR count). The van der Waals surface area contributed by atoms with E-state index in [-0.39, 0.29) is 23.5 Å². The van der Waals surface area contributed by atoms with Gasteiger partial charge in [-0.3, -0.25) is 14.9 Å². The number of nitro groups is 1. The summed E-state index contributed by atoms with van der Waals surface area (Å²) < 4.78 is 42.9. The smallest absolute Gasteiger partial charge is 0.416 e. The maximum Gasteiger partial charge on any atom is 0.416 e. The molecule has 1 amide bonds. The molecule has 2 aromatic rings. The van der Waals surface area contributed by atoms with Crippen LogP contribution >= 0.6 is 0 Å². The fraction of sp³-hybridized carbons (Fsp3) is 0.167. The van der Waals surface area contributed by atoms with Gasteiger partial charge < -0.3 is 10.1 Å². The van der Waals surface area contributed by atoms with E-state index >= 15 is 0 Å². The zero-order valence-corrected chi connectivity index (χ0v) is 13.7. The van der Waals surface area contributed by atoms with E-state index in [1.54, 1.807) is 0 Å². The molecule has 0 atom stereocenters. The van der Waals surface area contributed by atoms with E-state index in [9.17, 15) is 28.1 Å². The molecule has 0 saturated carbocycles. The molecule has 9 heteroatoms. The number of benzene rings is 2. The van der Waals surface area contributed by atoms with Gasteiger partial charge in [0, 0.05) is 11.6 Å². The molecule has 0 heterocycles. The summed E-state index contributed by atoms with van der Waals surface area (Å²) in [7, 11) is 0. The van der Waals surface area contributed by atoms with E-state index < -0.39 is 29.2 Å². The lowest BCUT2D eigenvalue weighted by Gasteiger charge is -2.06. The minimum atomic E-state index is -4.46. The maximum atomic E-state index is 12.6. The number of hydrogen-bond donors (Lipinski definition) is 1. The Hall–Kier alpha value is -3.54. The minimum Gasteiger partial charge on any atom is -0.477 e.